The summed E-state index contributed by atoms with van der Waals surface area (Å²) in [6.07, 6.45) is 1.57. The van der Waals surface area contributed by atoms with Crippen LogP contribution in [-0.4, -0.2) is 24.1 Å². The lowest BCUT2D eigenvalue weighted by atomic mass is 10.2. The van der Waals surface area contributed by atoms with E-state index < -0.39 is 22.2 Å². The molecule has 0 aromatic heterocycles. The Kier molecular flexibility index (Phi) is 3.42. The molecule has 1 fully saturated rings. The summed E-state index contributed by atoms with van der Waals surface area (Å²) >= 11 is 0. The highest BCUT2D eigenvalue weighted by molar-refractivity contribution is 5.65. The molecule has 1 saturated heterocycles. The van der Waals surface area contributed by atoms with Crippen molar-refractivity contribution in [3.63, 3.8) is 0 Å². The summed E-state index contributed by atoms with van der Waals surface area (Å²) < 4.78 is 26.7. The minimum absolute atomic E-state index is 0.0227. The number of nitrogens with zero attached hydrogens (tertiary/aromatic N) is 2. The topological polar surface area (TPSA) is 72.4 Å². The molecule has 0 aliphatic carbocycles. The van der Waals surface area contributed by atoms with Crippen LogP contribution in [0, 0.1) is 21.7 Å². The summed E-state index contributed by atoms with van der Waals surface area (Å²) in [4.78, 5) is 11.7. The van der Waals surface area contributed by atoms with Crippen molar-refractivity contribution in [2.75, 3.05) is 18.0 Å². The number of hydrogen-bond donors (Lipinski definition) is 1. The predicted molar refractivity (Wildman–Crippen MR) is 62.4 cm³/mol. The van der Waals surface area contributed by atoms with Crippen LogP contribution >= 0.6 is 0 Å². The van der Waals surface area contributed by atoms with Gasteiger partial charge in [0.05, 0.1) is 4.92 Å². The maximum absolute atomic E-state index is 13.5. The molecular formula is C11H13F2N3O2. The Labute approximate surface area is 102 Å². The zero-order valence-corrected chi connectivity index (χ0v) is 9.60. The summed E-state index contributed by atoms with van der Waals surface area (Å²) in [6, 6.07) is 1.41. The average Bonchev–Trinajstić information content (AvgIpc) is 2.74. The van der Waals surface area contributed by atoms with Gasteiger partial charge in [0.25, 0.3) is 0 Å². The van der Waals surface area contributed by atoms with Crippen LogP contribution in [0.15, 0.2) is 12.1 Å². The number of hydrogen-bond acceptors (Lipinski definition) is 4. The zero-order chi connectivity index (χ0) is 13.3. The highest BCUT2D eigenvalue weighted by Crippen LogP contribution is 2.35. The van der Waals surface area contributed by atoms with Crippen molar-refractivity contribution in [2.24, 2.45) is 5.73 Å². The van der Waals surface area contributed by atoms with Crippen LogP contribution < -0.4 is 10.6 Å². The minimum atomic E-state index is -1.15. The van der Waals surface area contributed by atoms with E-state index in [2.05, 4.69) is 0 Å². The van der Waals surface area contributed by atoms with E-state index in [1.54, 1.807) is 4.90 Å². The fourth-order valence-electron chi connectivity index (χ4n) is 2.35. The molecule has 98 valence electrons. The van der Waals surface area contributed by atoms with Crippen molar-refractivity contribution in [2.45, 2.75) is 18.9 Å². The van der Waals surface area contributed by atoms with Gasteiger partial charge in [0.1, 0.15) is 11.5 Å². The van der Waals surface area contributed by atoms with E-state index in [4.69, 9.17) is 5.73 Å². The number of nitrogens with two attached hydrogens (primary N) is 1. The van der Waals surface area contributed by atoms with E-state index in [0.717, 1.165) is 18.9 Å². The molecule has 5 nitrogen and oxygen atoms in total. The highest BCUT2D eigenvalue weighted by atomic mass is 19.1. The van der Waals surface area contributed by atoms with Gasteiger partial charge in [0.15, 0.2) is 0 Å². The third-order valence-corrected chi connectivity index (χ3v) is 3.15. The van der Waals surface area contributed by atoms with E-state index in [-0.39, 0.29) is 11.7 Å². The fraction of sp³-hybridized carbons (Fsp3) is 0.455. The standard InChI is InChI=1S/C11H13F2N3O2/c12-7-4-9(13)11(16(17)18)10(5-7)15-3-1-2-8(15)6-14/h4-5,8H,1-3,6,14H2. The zero-order valence-electron chi connectivity index (χ0n) is 9.60. The largest absolute Gasteiger partial charge is 0.362 e. The van der Waals surface area contributed by atoms with Crippen molar-refractivity contribution in [3.8, 4) is 0 Å². The summed E-state index contributed by atoms with van der Waals surface area (Å²) in [5.41, 5.74) is 4.86. The molecule has 2 rings (SSSR count). The SMILES string of the molecule is NCC1CCCN1c1cc(F)cc(F)c1[N+](=O)[O-]. The van der Waals surface area contributed by atoms with Crippen LogP contribution in [-0.2, 0) is 0 Å². The van der Waals surface area contributed by atoms with Gasteiger partial charge < -0.3 is 10.6 Å². The molecule has 7 heteroatoms. The lowest BCUT2D eigenvalue weighted by molar-refractivity contribution is -0.386. The molecule has 0 bridgehead atoms. The number of benzene rings is 1. The van der Waals surface area contributed by atoms with E-state index >= 15 is 0 Å². The second-order valence-corrected chi connectivity index (χ2v) is 4.24. The van der Waals surface area contributed by atoms with E-state index in [1.165, 1.54) is 0 Å². The third-order valence-electron chi connectivity index (χ3n) is 3.15. The Hall–Kier alpha value is -1.76. The lowest BCUT2D eigenvalue weighted by Crippen LogP contribution is -2.35. The first-order valence-electron chi connectivity index (χ1n) is 5.64. The summed E-state index contributed by atoms with van der Waals surface area (Å²) in [6.45, 7) is 0.820. The van der Waals surface area contributed by atoms with Crippen LogP contribution in [0.4, 0.5) is 20.2 Å². The van der Waals surface area contributed by atoms with Gasteiger partial charge in [0.2, 0.25) is 5.82 Å². The smallest absolute Gasteiger partial charge is 0.328 e. The van der Waals surface area contributed by atoms with Crippen LogP contribution in [0.3, 0.4) is 0 Å². The molecule has 1 aromatic carbocycles. The Morgan fingerprint density at radius 1 is 1.50 bits per heavy atom. The number of nitro benzene ring substituents is 1. The van der Waals surface area contributed by atoms with Gasteiger partial charge >= 0.3 is 5.69 Å². The van der Waals surface area contributed by atoms with Crippen molar-refractivity contribution >= 4 is 11.4 Å². The van der Waals surface area contributed by atoms with Gasteiger partial charge in [-0.25, -0.2) is 4.39 Å². The third kappa shape index (κ3) is 2.13. The van der Waals surface area contributed by atoms with Gasteiger partial charge in [-0.05, 0) is 12.8 Å². The molecule has 18 heavy (non-hydrogen) atoms. The fourth-order valence-corrected chi connectivity index (χ4v) is 2.35. The van der Waals surface area contributed by atoms with Crippen molar-refractivity contribution < 1.29 is 13.7 Å². The Morgan fingerprint density at radius 3 is 2.83 bits per heavy atom. The molecule has 1 aliphatic heterocycles. The normalized spacial score (nSPS) is 19.3. The van der Waals surface area contributed by atoms with Crippen LogP contribution in [0.2, 0.25) is 0 Å². The van der Waals surface area contributed by atoms with Gasteiger partial charge in [-0.15, -0.1) is 0 Å². The average molecular weight is 257 g/mol. The maximum atomic E-state index is 13.5. The molecule has 1 heterocycles. The quantitative estimate of drug-likeness (QED) is 0.662. The molecule has 0 spiro atoms. The van der Waals surface area contributed by atoms with E-state index in [9.17, 15) is 18.9 Å². The highest BCUT2D eigenvalue weighted by Gasteiger charge is 2.32. The monoisotopic (exact) mass is 257 g/mol. The summed E-state index contributed by atoms with van der Waals surface area (Å²) in [5, 5.41) is 10.9. The van der Waals surface area contributed by atoms with Crippen LogP contribution in [0.1, 0.15) is 12.8 Å². The first kappa shape index (κ1) is 12.7. The number of rotatable bonds is 3. The number of nitro groups is 1. The van der Waals surface area contributed by atoms with Crippen LogP contribution in [0.25, 0.3) is 0 Å². The predicted octanol–water partition coefficient (Wildman–Crippen LogP) is 1.80. The maximum Gasteiger partial charge on any atom is 0.328 e. The molecule has 0 radical (unpaired) electrons. The Morgan fingerprint density at radius 2 is 2.22 bits per heavy atom. The molecule has 1 atom stereocenters. The molecule has 1 aromatic rings. The molecule has 0 saturated carbocycles. The lowest BCUT2D eigenvalue weighted by Gasteiger charge is -2.25. The second kappa shape index (κ2) is 4.85. The molecular weight excluding hydrogens is 244 g/mol. The number of halogens is 2. The summed E-state index contributed by atoms with van der Waals surface area (Å²) in [7, 11) is 0. The van der Waals surface area contributed by atoms with Crippen molar-refractivity contribution in [1.29, 1.82) is 0 Å². The van der Waals surface area contributed by atoms with E-state index in [0.29, 0.717) is 19.2 Å². The summed E-state index contributed by atoms with van der Waals surface area (Å²) in [5.74, 6) is -1.98. The van der Waals surface area contributed by atoms with Crippen molar-refractivity contribution in [1.82, 2.24) is 0 Å². The van der Waals surface area contributed by atoms with Gasteiger partial charge in [0, 0.05) is 31.3 Å². The molecule has 1 aliphatic rings. The van der Waals surface area contributed by atoms with Crippen molar-refractivity contribution in [3.05, 3.63) is 33.9 Å². The molecule has 0 amide bonds. The number of anilines is 1. The second-order valence-electron chi connectivity index (χ2n) is 4.24. The van der Waals surface area contributed by atoms with Gasteiger partial charge in [-0.1, -0.05) is 0 Å². The van der Waals surface area contributed by atoms with Gasteiger partial charge in [-0.2, -0.15) is 4.39 Å². The first-order valence-corrected chi connectivity index (χ1v) is 5.64. The molecule has 2 N–H and O–H groups in total. The Balaban J connectivity index is 2.51. The Bertz CT molecular complexity index is 482. The first-order chi connectivity index (χ1) is 8.54. The minimum Gasteiger partial charge on any atom is -0.362 e. The van der Waals surface area contributed by atoms with E-state index in [1.807, 2.05) is 0 Å². The van der Waals surface area contributed by atoms with Gasteiger partial charge in [-0.3, -0.25) is 10.1 Å². The van der Waals surface area contributed by atoms with Crippen LogP contribution in [0.5, 0.6) is 0 Å². The molecule has 1 unspecified atom stereocenters.